The van der Waals surface area contributed by atoms with Crippen LogP contribution in [0.1, 0.15) is 24.8 Å². The van der Waals surface area contributed by atoms with E-state index in [9.17, 15) is 14.0 Å². The Morgan fingerprint density at radius 3 is 2.80 bits per heavy atom. The molecule has 2 saturated heterocycles. The van der Waals surface area contributed by atoms with E-state index < -0.39 is 5.60 Å². The van der Waals surface area contributed by atoms with E-state index >= 15 is 0 Å². The van der Waals surface area contributed by atoms with Gasteiger partial charge < -0.3 is 19.9 Å². The maximum atomic E-state index is 13.2. The summed E-state index contributed by atoms with van der Waals surface area (Å²) in [4.78, 5) is 27.9. The summed E-state index contributed by atoms with van der Waals surface area (Å²) >= 11 is 0. The van der Waals surface area contributed by atoms with Crippen molar-refractivity contribution in [2.45, 2.75) is 31.4 Å². The molecule has 1 aromatic carbocycles. The lowest BCUT2D eigenvalue weighted by atomic mass is 9.87. The highest BCUT2D eigenvalue weighted by molar-refractivity contribution is 5.77. The lowest BCUT2D eigenvalue weighted by Crippen LogP contribution is -2.51. The van der Waals surface area contributed by atoms with Gasteiger partial charge in [0.2, 0.25) is 5.91 Å². The lowest BCUT2D eigenvalue weighted by molar-refractivity contribution is -0.134. The molecule has 6 nitrogen and oxygen atoms in total. The Balaban J connectivity index is 1.51. The van der Waals surface area contributed by atoms with E-state index in [1.165, 1.54) is 12.1 Å². The van der Waals surface area contributed by atoms with E-state index in [-0.39, 0.29) is 24.3 Å². The first-order valence-corrected chi connectivity index (χ1v) is 8.63. The molecule has 0 atom stereocenters. The third-order valence-corrected chi connectivity index (χ3v) is 5.03. The molecule has 7 heteroatoms. The first-order chi connectivity index (χ1) is 12.0. The number of hydrogen-bond donors (Lipinski definition) is 1. The minimum atomic E-state index is -0.443. The van der Waals surface area contributed by atoms with Gasteiger partial charge in [-0.15, -0.1) is 0 Å². The smallest absolute Gasteiger partial charge is 0.317 e. The van der Waals surface area contributed by atoms with E-state index in [1.807, 2.05) is 0 Å². The molecule has 0 bridgehead atoms. The van der Waals surface area contributed by atoms with Gasteiger partial charge in [-0.25, -0.2) is 9.18 Å². The molecule has 2 aliphatic rings. The molecule has 0 aliphatic carbocycles. The number of rotatable bonds is 2. The summed E-state index contributed by atoms with van der Waals surface area (Å²) in [6.07, 6.45) is 1.68. The molecule has 0 saturated carbocycles. The van der Waals surface area contributed by atoms with Crippen molar-refractivity contribution in [3.63, 3.8) is 0 Å². The Morgan fingerprint density at radius 1 is 1.32 bits per heavy atom. The molecule has 2 heterocycles. The monoisotopic (exact) mass is 349 g/mol. The molecule has 136 valence electrons. The number of nitrogens with one attached hydrogen (secondary N) is 1. The number of benzene rings is 1. The second-order valence-electron chi connectivity index (χ2n) is 6.80. The van der Waals surface area contributed by atoms with Gasteiger partial charge in [0.25, 0.3) is 0 Å². The second-order valence-corrected chi connectivity index (χ2v) is 6.80. The fraction of sp³-hybridized carbons (Fsp3) is 0.556. The molecule has 3 rings (SSSR count). The number of carbonyl (C=O) groups is 2. The second kappa shape index (κ2) is 7.39. The average Bonchev–Trinajstić information content (AvgIpc) is 2.73. The fourth-order valence-corrected chi connectivity index (χ4v) is 3.36. The van der Waals surface area contributed by atoms with E-state index in [1.54, 1.807) is 29.0 Å². The third-order valence-electron chi connectivity index (χ3n) is 5.03. The number of hydrogen-bond acceptors (Lipinski definition) is 3. The van der Waals surface area contributed by atoms with Crippen molar-refractivity contribution >= 4 is 11.9 Å². The van der Waals surface area contributed by atoms with Gasteiger partial charge in [0.15, 0.2) is 0 Å². The van der Waals surface area contributed by atoms with Crippen LogP contribution in [0.15, 0.2) is 24.3 Å². The normalized spacial score (nSPS) is 20.5. The number of likely N-dealkylation sites (N-methyl/N-ethyl adjacent to an activating group) is 1. The summed E-state index contributed by atoms with van der Waals surface area (Å²) in [6.45, 7) is 2.53. The summed E-state index contributed by atoms with van der Waals surface area (Å²) in [6, 6.07) is 6.01. The zero-order valence-corrected chi connectivity index (χ0v) is 14.5. The number of urea groups is 1. The van der Waals surface area contributed by atoms with Gasteiger partial charge in [0, 0.05) is 33.2 Å². The molecule has 1 spiro atoms. The Bertz CT molecular complexity index is 644. The first-order valence-electron chi connectivity index (χ1n) is 8.63. The number of amides is 3. The molecule has 0 unspecified atom stereocenters. The van der Waals surface area contributed by atoms with Crippen molar-refractivity contribution in [3.05, 3.63) is 35.6 Å². The van der Waals surface area contributed by atoms with E-state index in [4.69, 9.17) is 4.74 Å². The molecule has 0 radical (unpaired) electrons. The standard InChI is InChI=1S/C18H24FN3O3/c1-21-9-10-25-18(12-16(21)23)5-7-22(8-6-18)17(24)20-13-14-3-2-4-15(19)11-14/h2-4,11H,5-10,12-13H2,1H3,(H,20,24). The van der Waals surface area contributed by atoms with Gasteiger partial charge in [-0.1, -0.05) is 12.1 Å². The highest BCUT2D eigenvalue weighted by Crippen LogP contribution is 2.32. The van der Waals surface area contributed by atoms with Crippen molar-refractivity contribution < 1.29 is 18.7 Å². The van der Waals surface area contributed by atoms with Gasteiger partial charge in [-0.3, -0.25) is 4.79 Å². The van der Waals surface area contributed by atoms with Crippen LogP contribution in [0.5, 0.6) is 0 Å². The van der Waals surface area contributed by atoms with Crippen LogP contribution < -0.4 is 5.32 Å². The Morgan fingerprint density at radius 2 is 2.08 bits per heavy atom. The van der Waals surface area contributed by atoms with Crippen LogP contribution in [0.2, 0.25) is 0 Å². The third kappa shape index (κ3) is 4.28. The fourth-order valence-electron chi connectivity index (χ4n) is 3.36. The van der Waals surface area contributed by atoms with Gasteiger partial charge in [-0.2, -0.15) is 0 Å². The van der Waals surface area contributed by atoms with Gasteiger partial charge in [0.1, 0.15) is 5.82 Å². The van der Waals surface area contributed by atoms with Crippen LogP contribution in [0, 0.1) is 5.82 Å². The van der Waals surface area contributed by atoms with E-state index in [2.05, 4.69) is 5.32 Å². The van der Waals surface area contributed by atoms with Gasteiger partial charge in [0.05, 0.1) is 18.6 Å². The number of nitrogens with zero attached hydrogens (tertiary/aromatic N) is 2. The summed E-state index contributed by atoms with van der Waals surface area (Å²) in [5.74, 6) is -0.215. The summed E-state index contributed by atoms with van der Waals surface area (Å²) < 4.78 is 19.2. The number of carbonyl (C=O) groups excluding carboxylic acids is 2. The zero-order valence-electron chi connectivity index (χ0n) is 14.5. The summed E-state index contributed by atoms with van der Waals surface area (Å²) in [7, 11) is 1.79. The van der Waals surface area contributed by atoms with Crippen molar-refractivity contribution in [3.8, 4) is 0 Å². The van der Waals surface area contributed by atoms with Crippen molar-refractivity contribution in [2.24, 2.45) is 0 Å². The predicted octanol–water partition coefficient (Wildman–Crippen LogP) is 1.75. The molecular formula is C18H24FN3O3. The van der Waals surface area contributed by atoms with Crippen LogP contribution >= 0.6 is 0 Å². The van der Waals surface area contributed by atoms with Crippen LogP contribution in [0.4, 0.5) is 9.18 Å². The quantitative estimate of drug-likeness (QED) is 0.885. The number of ether oxygens (including phenoxy) is 1. The Kier molecular flexibility index (Phi) is 5.22. The highest BCUT2D eigenvalue weighted by atomic mass is 19.1. The van der Waals surface area contributed by atoms with Gasteiger partial charge in [-0.05, 0) is 30.5 Å². The van der Waals surface area contributed by atoms with Crippen molar-refractivity contribution in [1.29, 1.82) is 0 Å². The Hall–Kier alpha value is -2.15. The average molecular weight is 349 g/mol. The zero-order chi connectivity index (χ0) is 17.9. The number of halogens is 1. The molecule has 2 fully saturated rings. The number of likely N-dealkylation sites (tertiary alicyclic amines) is 1. The number of piperidine rings is 1. The molecular weight excluding hydrogens is 325 g/mol. The SMILES string of the molecule is CN1CCOC2(CCN(C(=O)NCc3cccc(F)c3)CC2)CC1=O. The summed E-state index contributed by atoms with van der Waals surface area (Å²) in [5, 5.41) is 2.82. The maximum absolute atomic E-state index is 13.2. The topological polar surface area (TPSA) is 61.9 Å². The molecule has 2 aliphatic heterocycles. The maximum Gasteiger partial charge on any atom is 0.317 e. The summed E-state index contributed by atoms with van der Waals surface area (Å²) in [5.41, 5.74) is 0.281. The van der Waals surface area contributed by atoms with Crippen LogP contribution in [0.25, 0.3) is 0 Å². The molecule has 1 aromatic rings. The minimum Gasteiger partial charge on any atom is -0.372 e. The highest BCUT2D eigenvalue weighted by Gasteiger charge is 2.40. The molecule has 3 amide bonds. The van der Waals surface area contributed by atoms with Crippen LogP contribution in [0.3, 0.4) is 0 Å². The predicted molar refractivity (Wildman–Crippen MR) is 90.4 cm³/mol. The molecule has 25 heavy (non-hydrogen) atoms. The molecule has 1 N–H and O–H groups in total. The van der Waals surface area contributed by atoms with Crippen molar-refractivity contribution in [2.75, 3.05) is 33.3 Å². The largest absolute Gasteiger partial charge is 0.372 e. The van der Waals surface area contributed by atoms with Crippen molar-refractivity contribution in [1.82, 2.24) is 15.1 Å². The van der Waals surface area contributed by atoms with Crippen LogP contribution in [-0.4, -0.2) is 60.6 Å². The van der Waals surface area contributed by atoms with Gasteiger partial charge >= 0.3 is 6.03 Å². The first kappa shape index (κ1) is 17.7. The van der Waals surface area contributed by atoms with E-state index in [0.717, 1.165) is 5.56 Å². The lowest BCUT2D eigenvalue weighted by Gasteiger charge is -2.40. The molecule has 0 aromatic heterocycles. The van der Waals surface area contributed by atoms with Crippen LogP contribution in [-0.2, 0) is 16.1 Å². The Labute approximate surface area is 146 Å². The van der Waals surface area contributed by atoms with E-state index in [0.29, 0.717) is 45.5 Å². The minimum absolute atomic E-state index is 0.0986.